The average Bonchev–Trinajstić information content (AvgIpc) is 2.16. The van der Waals surface area contributed by atoms with Gasteiger partial charge in [-0.3, -0.25) is 0 Å². The molecule has 1 aromatic heterocycles. The number of aryl methyl sites for hydroxylation is 1. The number of nitrogens with zero attached hydrogens (tertiary/aromatic N) is 1. The number of nitrogens with one attached hydrogen (secondary N) is 1. The number of aromatic nitrogens is 1. The zero-order valence-corrected chi connectivity index (χ0v) is 10.1. The highest BCUT2D eigenvalue weighted by molar-refractivity contribution is 9.10. The van der Waals surface area contributed by atoms with Crippen molar-refractivity contribution in [3.05, 3.63) is 22.3 Å². The van der Waals surface area contributed by atoms with Crippen LogP contribution in [0.3, 0.4) is 0 Å². The molecule has 0 bridgehead atoms. The SMILES string of the molecule is CCC(N)CNc1ncc(Br)cc1C. The van der Waals surface area contributed by atoms with Crippen LogP contribution in [0.1, 0.15) is 18.9 Å². The predicted octanol–water partition coefficient (Wildman–Crippen LogP) is 2.30. The Morgan fingerprint density at radius 3 is 2.93 bits per heavy atom. The second kappa shape index (κ2) is 5.32. The Morgan fingerprint density at radius 1 is 1.64 bits per heavy atom. The fourth-order valence-corrected chi connectivity index (χ4v) is 1.54. The summed E-state index contributed by atoms with van der Waals surface area (Å²) in [6.45, 7) is 4.87. The first-order valence-electron chi connectivity index (χ1n) is 4.75. The molecule has 0 amide bonds. The molecule has 14 heavy (non-hydrogen) atoms. The van der Waals surface area contributed by atoms with E-state index in [1.807, 2.05) is 13.0 Å². The Kier molecular flexibility index (Phi) is 4.35. The van der Waals surface area contributed by atoms with Gasteiger partial charge in [-0.1, -0.05) is 6.92 Å². The third-order valence-corrected chi connectivity index (χ3v) is 2.53. The van der Waals surface area contributed by atoms with Gasteiger partial charge in [-0.25, -0.2) is 4.98 Å². The van der Waals surface area contributed by atoms with E-state index < -0.39 is 0 Å². The van der Waals surface area contributed by atoms with Crippen LogP contribution >= 0.6 is 15.9 Å². The molecule has 1 rings (SSSR count). The molecule has 0 aromatic carbocycles. The van der Waals surface area contributed by atoms with Gasteiger partial charge in [0.25, 0.3) is 0 Å². The van der Waals surface area contributed by atoms with E-state index in [2.05, 4.69) is 33.2 Å². The predicted molar refractivity (Wildman–Crippen MR) is 63.4 cm³/mol. The quantitative estimate of drug-likeness (QED) is 0.871. The van der Waals surface area contributed by atoms with E-state index in [1.165, 1.54) is 0 Å². The van der Waals surface area contributed by atoms with E-state index in [0.717, 1.165) is 28.8 Å². The third-order valence-electron chi connectivity index (χ3n) is 2.10. The van der Waals surface area contributed by atoms with Gasteiger partial charge in [-0.15, -0.1) is 0 Å². The summed E-state index contributed by atoms with van der Waals surface area (Å²) in [6, 6.07) is 2.23. The fourth-order valence-electron chi connectivity index (χ4n) is 1.10. The van der Waals surface area contributed by atoms with Crippen LogP contribution in [-0.4, -0.2) is 17.6 Å². The van der Waals surface area contributed by atoms with Crippen molar-refractivity contribution in [3.63, 3.8) is 0 Å². The summed E-state index contributed by atoms with van der Waals surface area (Å²) in [7, 11) is 0. The molecule has 4 heteroatoms. The second-order valence-corrected chi connectivity index (χ2v) is 4.28. The number of nitrogens with two attached hydrogens (primary N) is 1. The highest BCUT2D eigenvalue weighted by Crippen LogP contribution is 2.16. The van der Waals surface area contributed by atoms with Crippen LogP contribution in [-0.2, 0) is 0 Å². The lowest BCUT2D eigenvalue weighted by atomic mass is 10.2. The maximum atomic E-state index is 5.80. The van der Waals surface area contributed by atoms with Gasteiger partial charge in [0.2, 0.25) is 0 Å². The van der Waals surface area contributed by atoms with Gasteiger partial charge in [0.05, 0.1) is 0 Å². The number of anilines is 1. The summed E-state index contributed by atoms with van der Waals surface area (Å²) in [5.74, 6) is 0.914. The molecule has 0 saturated carbocycles. The minimum absolute atomic E-state index is 0.194. The summed E-state index contributed by atoms with van der Waals surface area (Å²) < 4.78 is 1.00. The first kappa shape index (κ1) is 11.5. The van der Waals surface area contributed by atoms with E-state index >= 15 is 0 Å². The van der Waals surface area contributed by atoms with Crippen molar-refractivity contribution in [1.29, 1.82) is 0 Å². The highest BCUT2D eigenvalue weighted by atomic mass is 79.9. The van der Waals surface area contributed by atoms with Crippen molar-refractivity contribution >= 4 is 21.7 Å². The molecule has 1 aromatic rings. The van der Waals surface area contributed by atoms with Crippen molar-refractivity contribution in [2.75, 3.05) is 11.9 Å². The van der Waals surface area contributed by atoms with Gasteiger partial charge < -0.3 is 11.1 Å². The molecule has 3 nitrogen and oxygen atoms in total. The summed E-state index contributed by atoms with van der Waals surface area (Å²) >= 11 is 3.38. The lowest BCUT2D eigenvalue weighted by Gasteiger charge is -2.12. The number of hydrogen-bond acceptors (Lipinski definition) is 3. The van der Waals surface area contributed by atoms with Gasteiger partial charge in [0, 0.05) is 23.3 Å². The Bertz CT molecular complexity index is 301. The van der Waals surface area contributed by atoms with E-state index in [9.17, 15) is 0 Å². The lowest BCUT2D eigenvalue weighted by Crippen LogP contribution is -2.28. The summed E-state index contributed by atoms with van der Waals surface area (Å²) in [5, 5.41) is 3.23. The molecule has 0 aliphatic rings. The molecule has 78 valence electrons. The van der Waals surface area contributed by atoms with Crippen molar-refractivity contribution in [3.8, 4) is 0 Å². The van der Waals surface area contributed by atoms with Gasteiger partial charge in [0.1, 0.15) is 5.82 Å². The largest absolute Gasteiger partial charge is 0.368 e. The normalized spacial score (nSPS) is 12.6. The van der Waals surface area contributed by atoms with E-state index in [1.54, 1.807) is 6.20 Å². The molecule has 0 saturated heterocycles. The minimum Gasteiger partial charge on any atom is -0.368 e. The number of rotatable bonds is 4. The molecule has 0 aliphatic carbocycles. The Morgan fingerprint density at radius 2 is 2.36 bits per heavy atom. The van der Waals surface area contributed by atoms with Crippen molar-refractivity contribution in [2.45, 2.75) is 26.3 Å². The molecule has 1 atom stereocenters. The van der Waals surface area contributed by atoms with Crippen molar-refractivity contribution < 1.29 is 0 Å². The molecule has 0 radical (unpaired) electrons. The third kappa shape index (κ3) is 3.27. The maximum absolute atomic E-state index is 5.80. The lowest BCUT2D eigenvalue weighted by molar-refractivity contribution is 0.677. The van der Waals surface area contributed by atoms with Crippen LogP contribution < -0.4 is 11.1 Å². The van der Waals surface area contributed by atoms with Crippen LogP contribution in [0.5, 0.6) is 0 Å². The van der Waals surface area contributed by atoms with Gasteiger partial charge in [-0.2, -0.15) is 0 Å². The average molecular weight is 258 g/mol. The Hall–Kier alpha value is -0.610. The maximum Gasteiger partial charge on any atom is 0.128 e. The minimum atomic E-state index is 0.194. The van der Waals surface area contributed by atoms with Crippen LogP contribution in [0.2, 0.25) is 0 Å². The Labute approximate surface area is 93.2 Å². The van der Waals surface area contributed by atoms with E-state index in [0.29, 0.717) is 0 Å². The second-order valence-electron chi connectivity index (χ2n) is 3.37. The topological polar surface area (TPSA) is 50.9 Å². The molecule has 0 fully saturated rings. The molecule has 0 aliphatic heterocycles. The Balaban J connectivity index is 2.59. The number of halogens is 1. The van der Waals surface area contributed by atoms with Crippen molar-refractivity contribution in [1.82, 2.24) is 4.98 Å². The van der Waals surface area contributed by atoms with Crippen LogP contribution in [0.15, 0.2) is 16.7 Å². The summed E-state index contributed by atoms with van der Waals surface area (Å²) in [4.78, 5) is 4.27. The standard InChI is InChI=1S/C10H16BrN3/c1-3-9(12)6-14-10-7(2)4-8(11)5-13-10/h4-5,9H,3,6,12H2,1-2H3,(H,13,14). The summed E-state index contributed by atoms with van der Waals surface area (Å²) in [5.41, 5.74) is 6.93. The molecular weight excluding hydrogens is 242 g/mol. The van der Waals surface area contributed by atoms with E-state index in [4.69, 9.17) is 5.73 Å². The zero-order valence-electron chi connectivity index (χ0n) is 8.55. The summed E-state index contributed by atoms with van der Waals surface area (Å²) in [6.07, 6.45) is 2.76. The van der Waals surface area contributed by atoms with Crippen LogP contribution in [0.25, 0.3) is 0 Å². The van der Waals surface area contributed by atoms with Crippen LogP contribution in [0.4, 0.5) is 5.82 Å². The fraction of sp³-hybridized carbons (Fsp3) is 0.500. The highest BCUT2D eigenvalue weighted by Gasteiger charge is 2.02. The van der Waals surface area contributed by atoms with Gasteiger partial charge in [0.15, 0.2) is 0 Å². The van der Waals surface area contributed by atoms with Crippen LogP contribution in [0, 0.1) is 6.92 Å². The molecular formula is C10H16BrN3. The number of hydrogen-bond donors (Lipinski definition) is 2. The molecule has 3 N–H and O–H groups in total. The molecule has 0 spiro atoms. The smallest absolute Gasteiger partial charge is 0.128 e. The van der Waals surface area contributed by atoms with Gasteiger partial charge in [-0.05, 0) is 40.9 Å². The van der Waals surface area contributed by atoms with Crippen molar-refractivity contribution in [2.24, 2.45) is 5.73 Å². The monoisotopic (exact) mass is 257 g/mol. The first-order chi connectivity index (χ1) is 6.63. The molecule has 1 heterocycles. The molecule has 1 unspecified atom stereocenters. The van der Waals surface area contributed by atoms with Gasteiger partial charge >= 0.3 is 0 Å². The number of pyridine rings is 1. The van der Waals surface area contributed by atoms with E-state index in [-0.39, 0.29) is 6.04 Å². The first-order valence-corrected chi connectivity index (χ1v) is 5.54. The zero-order chi connectivity index (χ0) is 10.6.